The number of hydrogen-bond donors (Lipinski definition) is 3. The monoisotopic (exact) mass is 214 g/mol. The van der Waals surface area contributed by atoms with Crippen LogP contribution in [-0.4, -0.2) is 27.7 Å². The van der Waals surface area contributed by atoms with Gasteiger partial charge in [-0.2, -0.15) is 0 Å². The summed E-state index contributed by atoms with van der Waals surface area (Å²) < 4.78 is 4.94. The molecule has 0 saturated heterocycles. The first-order chi connectivity index (χ1) is 7.06. The van der Waals surface area contributed by atoms with E-state index < -0.39 is 22.9 Å². The minimum atomic E-state index is -1.41. The van der Waals surface area contributed by atoms with Crippen molar-refractivity contribution in [1.82, 2.24) is 9.97 Å². The van der Waals surface area contributed by atoms with E-state index >= 15 is 0 Å². The summed E-state index contributed by atoms with van der Waals surface area (Å²) in [5, 5.41) is 8.71. The Bertz CT molecular complexity index is 473. The molecule has 1 aromatic rings. The summed E-state index contributed by atoms with van der Waals surface area (Å²) in [5.74, 6) is -1.78. The van der Waals surface area contributed by atoms with Gasteiger partial charge in [0, 0.05) is 0 Å². The minimum absolute atomic E-state index is 0.204. The van der Waals surface area contributed by atoms with E-state index in [1.165, 1.54) is 0 Å². The number of nitrogens with one attached hydrogen (secondary N) is 2. The Labute approximate surface area is 83.7 Å². The summed E-state index contributed by atoms with van der Waals surface area (Å²) in [6.07, 6.45) is 0.623. The number of rotatable bonds is 4. The summed E-state index contributed by atoms with van der Waals surface area (Å²) in [6.45, 7) is 2.01. The van der Waals surface area contributed by atoms with Crippen molar-refractivity contribution in [2.24, 2.45) is 0 Å². The van der Waals surface area contributed by atoms with Gasteiger partial charge in [0.05, 0.1) is 6.61 Å². The van der Waals surface area contributed by atoms with Crippen molar-refractivity contribution in [3.05, 3.63) is 26.5 Å². The third-order valence-electron chi connectivity index (χ3n) is 1.56. The van der Waals surface area contributed by atoms with Gasteiger partial charge in [-0.15, -0.1) is 0 Å². The average Bonchev–Trinajstić information content (AvgIpc) is 2.15. The Hall–Kier alpha value is -2.05. The minimum Gasteiger partial charge on any atom is -0.486 e. The highest BCUT2D eigenvalue weighted by Gasteiger charge is 2.16. The molecule has 0 aliphatic rings. The molecule has 0 atom stereocenters. The van der Waals surface area contributed by atoms with Crippen molar-refractivity contribution < 1.29 is 14.6 Å². The van der Waals surface area contributed by atoms with Crippen LogP contribution < -0.4 is 16.0 Å². The van der Waals surface area contributed by atoms with Gasteiger partial charge < -0.3 is 9.84 Å². The van der Waals surface area contributed by atoms with Crippen molar-refractivity contribution in [3.63, 3.8) is 0 Å². The second kappa shape index (κ2) is 4.45. The Morgan fingerprint density at radius 2 is 2.07 bits per heavy atom. The molecule has 0 aliphatic heterocycles. The first kappa shape index (κ1) is 11.0. The van der Waals surface area contributed by atoms with E-state index in [2.05, 4.69) is 0 Å². The summed E-state index contributed by atoms with van der Waals surface area (Å²) >= 11 is 0. The smallest absolute Gasteiger partial charge is 0.356 e. The largest absolute Gasteiger partial charge is 0.486 e. The third kappa shape index (κ3) is 2.46. The molecule has 1 rings (SSSR count). The highest BCUT2D eigenvalue weighted by atomic mass is 16.5. The van der Waals surface area contributed by atoms with Crippen LogP contribution in [0, 0.1) is 0 Å². The van der Waals surface area contributed by atoms with E-state index in [0.29, 0.717) is 6.42 Å². The maximum atomic E-state index is 11.2. The molecule has 15 heavy (non-hydrogen) atoms. The van der Waals surface area contributed by atoms with Gasteiger partial charge in [0.1, 0.15) is 0 Å². The quantitative estimate of drug-likeness (QED) is 0.628. The first-order valence-electron chi connectivity index (χ1n) is 4.29. The van der Waals surface area contributed by atoms with E-state index in [0.717, 1.165) is 0 Å². The van der Waals surface area contributed by atoms with Crippen molar-refractivity contribution in [3.8, 4) is 5.75 Å². The highest BCUT2D eigenvalue weighted by Crippen LogP contribution is 2.07. The number of carboxylic acids is 1. The molecule has 82 valence electrons. The zero-order valence-electron chi connectivity index (χ0n) is 7.99. The normalized spacial score (nSPS) is 9.93. The average molecular weight is 214 g/mol. The molecule has 0 aliphatic carbocycles. The summed E-state index contributed by atoms with van der Waals surface area (Å²) in [5.41, 5.74) is -2.25. The third-order valence-corrected chi connectivity index (χ3v) is 1.56. The zero-order chi connectivity index (χ0) is 11.4. The maximum Gasteiger partial charge on any atom is 0.356 e. The molecule has 7 heteroatoms. The lowest BCUT2D eigenvalue weighted by atomic mass is 10.3. The lowest BCUT2D eigenvalue weighted by Gasteiger charge is -2.05. The topological polar surface area (TPSA) is 112 Å². The molecule has 0 aromatic carbocycles. The molecule has 0 amide bonds. The molecule has 0 fully saturated rings. The number of carbonyl (C=O) groups is 1. The van der Waals surface area contributed by atoms with Gasteiger partial charge in [-0.3, -0.25) is 14.8 Å². The predicted molar refractivity (Wildman–Crippen MR) is 50.4 cm³/mol. The van der Waals surface area contributed by atoms with Crippen LogP contribution in [0.1, 0.15) is 23.8 Å². The van der Waals surface area contributed by atoms with Crippen molar-refractivity contribution in [2.75, 3.05) is 6.61 Å². The SMILES string of the molecule is CCCOc1c(C(=O)O)[nH]c(=O)[nH]c1=O. The first-order valence-corrected chi connectivity index (χ1v) is 4.29. The summed E-state index contributed by atoms with van der Waals surface area (Å²) in [4.78, 5) is 36.6. The molecule has 1 heterocycles. The number of aromatic amines is 2. The standard InChI is InChI=1S/C8H10N2O5/c1-2-3-15-5-4(7(12)13)9-8(14)10-6(5)11/h2-3H2,1H3,(H,12,13)(H2,9,10,11,14). The Kier molecular flexibility index (Phi) is 3.27. The van der Waals surface area contributed by atoms with Gasteiger partial charge in [0.15, 0.2) is 5.69 Å². The number of aromatic carboxylic acids is 1. The molecule has 0 bridgehead atoms. The fourth-order valence-electron chi connectivity index (χ4n) is 0.967. The van der Waals surface area contributed by atoms with E-state index in [4.69, 9.17) is 9.84 Å². The second-order valence-corrected chi connectivity index (χ2v) is 2.77. The van der Waals surface area contributed by atoms with Gasteiger partial charge >= 0.3 is 11.7 Å². The van der Waals surface area contributed by atoms with E-state index in [9.17, 15) is 14.4 Å². The van der Waals surface area contributed by atoms with Gasteiger partial charge in [-0.1, -0.05) is 6.92 Å². The van der Waals surface area contributed by atoms with Gasteiger partial charge in [-0.25, -0.2) is 9.59 Å². The van der Waals surface area contributed by atoms with Crippen LogP contribution in [0.4, 0.5) is 0 Å². The molecular formula is C8H10N2O5. The second-order valence-electron chi connectivity index (χ2n) is 2.77. The fraction of sp³-hybridized carbons (Fsp3) is 0.375. The van der Waals surface area contributed by atoms with Crippen LogP contribution in [0.25, 0.3) is 0 Å². The van der Waals surface area contributed by atoms with E-state index in [1.54, 1.807) is 6.92 Å². The number of aromatic nitrogens is 2. The number of H-pyrrole nitrogens is 2. The van der Waals surface area contributed by atoms with Gasteiger partial charge in [0.2, 0.25) is 5.75 Å². The molecule has 0 unspecified atom stereocenters. The van der Waals surface area contributed by atoms with Crippen molar-refractivity contribution in [1.29, 1.82) is 0 Å². The predicted octanol–water partition coefficient (Wildman–Crippen LogP) is -0.450. The maximum absolute atomic E-state index is 11.2. The van der Waals surface area contributed by atoms with E-state index in [1.807, 2.05) is 9.97 Å². The molecular weight excluding hydrogens is 204 g/mol. The van der Waals surface area contributed by atoms with Crippen molar-refractivity contribution in [2.45, 2.75) is 13.3 Å². The lowest BCUT2D eigenvalue weighted by molar-refractivity contribution is 0.0684. The number of ether oxygens (including phenoxy) is 1. The van der Waals surface area contributed by atoms with Crippen LogP contribution in [-0.2, 0) is 0 Å². The molecule has 0 spiro atoms. The van der Waals surface area contributed by atoms with Gasteiger partial charge in [0.25, 0.3) is 5.56 Å². The number of carboxylic acid groups (broad SMARTS) is 1. The fourth-order valence-corrected chi connectivity index (χ4v) is 0.967. The Morgan fingerprint density at radius 3 is 2.60 bits per heavy atom. The highest BCUT2D eigenvalue weighted by molar-refractivity contribution is 5.88. The van der Waals surface area contributed by atoms with Crippen LogP contribution in [0.2, 0.25) is 0 Å². The number of hydrogen-bond acceptors (Lipinski definition) is 4. The molecule has 7 nitrogen and oxygen atoms in total. The van der Waals surface area contributed by atoms with Crippen LogP contribution in [0.15, 0.2) is 9.59 Å². The van der Waals surface area contributed by atoms with Crippen LogP contribution in [0.3, 0.4) is 0 Å². The lowest BCUT2D eigenvalue weighted by Crippen LogP contribution is -2.28. The summed E-state index contributed by atoms with van der Waals surface area (Å²) in [6, 6.07) is 0. The molecule has 1 aromatic heterocycles. The Balaban J connectivity index is 3.27. The van der Waals surface area contributed by atoms with Crippen LogP contribution >= 0.6 is 0 Å². The van der Waals surface area contributed by atoms with Gasteiger partial charge in [-0.05, 0) is 6.42 Å². The molecule has 3 N–H and O–H groups in total. The van der Waals surface area contributed by atoms with Crippen molar-refractivity contribution >= 4 is 5.97 Å². The Morgan fingerprint density at radius 1 is 1.40 bits per heavy atom. The summed E-state index contributed by atoms with van der Waals surface area (Å²) in [7, 11) is 0. The molecule has 0 radical (unpaired) electrons. The zero-order valence-corrected chi connectivity index (χ0v) is 7.99. The van der Waals surface area contributed by atoms with E-state index in [-0.39, 0.29) is 12.4 Å². The van der Waals surface area contributed by atoms with Crippen LogP contribution in [0.5, 0.6) is 5.75 Å². The molecule has 0 saturated carbocycles.